The van der Waals surface area contributed by atoms with Crippen LogP contribution in [0, 0.1) is 0 Å². The molecule has 3 N–H and O–H groups in total. The molecular formula is C24H23NO6. The Morgan fingerprint density at radius 3 is 2.61 bits per heavy atom. The Labute approximate surface area is 178 Å². The van der Waals surface area contributed by atoms with Crippen molar-refractivity contribution in [2.45, 2.75) is 19.4 Å². The van der Waals surface area contributed by atoms with Gasteiger partial charge in [0, 0.05) is 12.1 Å². The van der Waals surface area contributed by atoms with Crippen LogP contribution in [0.25, 0.3) is 22.1 Å². The van der Waals surface area contributed by atoms with Crippen LogP contribution in [0.15, 0.2) is 74.7 Å². The zero-order valence-corrected chi connectivity index (χ0v) is 16.8. The highest BCUT2D eigenvalue weighted by atomic mass is 16.5. The SMILES string of the molecule is O=c1c(-c2ccc(O)cc2)coc2cc(OCCCCNCc3ccco3)cc(O)c12. The molecule has 7 nitrogen and oxygen atoms in total. The maximum atomic E-state index is 12.9. The van der Waals surface area contributed by atoms with Gasteiger partial charge in [0.05, 0.1) is 25.0 Å². The Kier molecular flexibility index (Phi) is 6.24. The van der Waals surface area contributed by atoms with Gasteiger partial charge in [0.25, 0.3) is 0 Å². The second kappa shape index (κ2) is 9.40. The summed E-state index contributed by atoms with van der Waals surface area (Å²) in [6, 6.07) is 13.0. The van der Waals surface area contributed by atoms with E-state index in [4.69, 9.17) is 13.6 Å². The fraction of sp³-hybridized carbons (Fsp3) is 0.208. The van der Waals surface area contributed by atoms with Crippen molar-refractivity contribution >= 4 is 11.0 Å². The molecule has 0 radical (unpaired) electrons. The molecular weight excluding hydrogens is 398 g/mol. The molecule has 0 saturated carbocycles. The van der Waals surface area contributed by atoms with Gasteiger partial charge in [-0.1, -0.05) is 12.1 Å². The van der Waals surface area contributed by atoms with Gasteiger partial charge in [-0.25, -0.2) is 0 Å². The second-order valence-electron chi connectivity index (χ2n) is 7.15. The van der Waals surface area contributed by atoms with Crippen LogP contribution < -0.4 is 15.5 Å². The summed E-state index contributed by atoms with van der Waals surface area (Å²) in [5.41, 5.74) is 0.800. The number of hydrogen-bond acceptors (Lipinski definition) is 7. The standard InChI is InChI=1S/C24H23NO6/c26-17-7-5-16(6-8-17)20-15-31-22-13-19(12-21(27)23(22)24(20)28)30-10-2-1-9-25-14-18-4-3-11-29-18/h3-8,11-13,15,25-27H,1-2,9-10,14H2. The van der Waals surface area contributed by atoms with E-state index < -0.39 is 0 Å². The number of rotatable bonds is 9. The Balaban J connectivity index is 1.37. The van der Waals surface area contributed by atoms with Crippen LogP contribution in [0.4, 0.5) is 0 Å². The first-order chi connectivity index (χ1) is 15.1. The maximum absolute atomic E-state index is 12.9. The highest BCUT2D eigenvalue weighted by Crippen LogP contribution is 2.30. The molecule has 0 amide bonds. The van der Waals surface area contributed by atoms with Gasteiger partial charge < -0.3 is 29.1 Å². The Bertz CT molecular complexity index is 1200. The van der Waals surface area contributed by atoms with Crippen LogP contribution in [0.2, 0.25) is 0 Å². The average molecular weight is 421 g/mol. The lowest BCUT2D eigenvalue weighted by atomic mass is 10.0. The van der Waals surface area contributed by atoms with Crippen molar-refractivity contribution in [3.63, 3.8) is 0 Å². The first-order valence-electron chi connectivity index (χ1n) is 10.1. The topological polar surface area (TPSA) is 105 Å². The van der Waals surface area contributed by atoms with Crippen molar-refractivity contribution in [1.82, 2.24) is 5.32 Å². The monoisotopic (exact) mass is 421 g/mol. The Morgan fingerprint density at radius 1 is 1.00 bits per heavy atom. The maximum Gasteiger partial charge on any atom is 0.204 e. The molecule has 2 heterocycles. The van der Waals surface area contributed by atoms with E-state index in [1.165, 1.54) is 24.5 Å². The normalized spacial score (nSPS) is 11.1. The summed E-state index contributed by atoms with van der Waals surface area (Å²) >= 11 is 0. The summed E-state index contributed by atoms with van der Waals surface area (Å²) in [4.78, 5) is 12.9. The number of ether oxygens (including phenoxy) is 1. The summed E-state index contributed by atoms with van der Waals surface area (Å²) in [6.45, 7) is 2.00. The summed E-state index contributed by atoms with van der Waals surface area (Å²) in [6.07, 6.45) is 4.75. The molecule has 31 heavy (non-hydrogen) atoms. The number of hydrogen-bond donors (Lipinski definition) is 3. The number of fused-ring (bicyclic) bond motifs is 1. The van der Waals surface area contributed by atoms with Crippen LogP contribution in [0.3, 0.4) is 0 Å². The fourth-order valence-corrected chi connectivity index (χ4v) is 3.30. The van der Waals surface area contributed by atoms with Crippen molar-refractivity contribution in [2.75, 3.05) is 13.2 Å². The molecule has 2 aromatic carbocycles. The van der Waals surface area contributed by atoms with Gasteiger partial charge in [0.2, 0.25) is 5.43 Å². The van der Waals surface area contributed by atoms with Crippen molar-refractivity contribution in [3.8, 4) is 28.4 Å². The molecule has 0 unspecified atom stereocenters. The van der Waals surface area contributed by atoms with Gasteiger partial charge in [-0.15, -0.1) is 0 Å². The van der Waals surface area contributed by atoms with Gasteiger partial charge in [-0.05, 0) is 49.2 Å². The first-order valence-corrected chi connectivity index (χ1v) is 10.1. The summed E-state index contributed by atoms with van der Waals surface area (Å²) < 4.78 is 16.6. The quantitative estimate of drug-likeness (QED) is 0.344. The van der Waals surface area contributed by atoms with E-state index >= 15 is 0 Å². The largest absolute Gasteiger partial charge is 0.508 e. The predicted octanol–water partition coefficient (Wildman–Crippen LogP) is 4.41. The zero-order valence-electron chi connectivity index (χ0n) is 16.8. The lowest BCUT2D eigenvalue weighted by molar-refractivity contribution is 0.304. The third kappa shape index (κ3) is 4.90. The van der Waals surface area contributed by atoms with Crippen LogP contribution in [-0.4, -0.2) is 23.4 Å². The van der Waals surface area contributed by atoms with Crippen LogP contribution in [0.1, 0.15) is 18.6 Å². The minimum atomic E-state index is -0.348. The van der Waals surface area contributed by atoms with Crippen LogP contribution in [-0.2, 0) is 6.54 Å². The van der Waals surface area contributed by atoms with E-state index in [1.807, 2.05) is 12.1 Å². The van der Waals surface area contributed by atoms with Gasteiger partial charge in [0.1, 0.15) is 40.2 Å². The third-order valence-corrected chi connectivity index (χ3v) is 4.90. The van der Waals surface area contributed by atoms with Crippen molar-refractivity contribution in [2.24, 2.45) is 0 Å². The van der Waals surface area contributed by atoms with Gasteiger partial charge >= 0.3 is 0 Å². The molecule has 0 aliphatic carbocycles. The molecule has 0 aliphatic rings. The number of phenolic OH excluding ortho intramolecular Hbond substituents is 2. The van der Waals surface area contributed by atoms with E-state index in [9.17, 15) is 15.0 Å². The molecule has 0 bridgehead atoms. The van der Waals surface area contributed by atoms with E-state index in [0.717, 1.165) is 25.1 Å². The lowest BCUT2D eigenvalue weighted by Gasteiger charge is -2.09. The number of benzene rings is 2. The van der Waals surface area contributed by atoms with Crippen molar-refractivity contribution in [1.29, 1.82) is 0 Å². The highest BCUT2D eigenvalue weighted by Gasteiger charge is 2.14. The minimum Gasteiger partial charge on any atom is -0.508 e. The summed E-state index contributed by atoms with van der Waals surface area (Å²) in [7, 11) is 0. The highest BCUT2D eigenvalue weighted by molar-refractivity contribution is 5.88. The molecule has 0 fully saturated rings. The van der Waals surface area contributed by atoms with Gasteiger partial charge in [-0.2, -0.15) is 0 Å². The van der Waals surface area contributed by atoms with E-state index in [2.05, 4.69) is 5.32 Å². The molecule has 4 aromatic rings. The molecule has 4 rings (SSSR count). The number of nitrogens with one attached hydrogen (secondary N) is 1. The fourth-order valence-electron chi connectivity index (χ4n) is 3.30. The van der Waals surface area contributed by atoms with E-state index in [1.54, 1.807) is 24.5 Å². The van der Waals surface area contributed by atoms with E-state index in [0.29, 0.717) is 30.0 Å². The minimum absolute atomic E-state index is 0.0973. The second-order valence-corrected chi connectivity index (χ2v) is 7.15. The average Bonchev–Trinajstić information content (AvgIpc) is 3.27. The molecule has 160 valence electrons. The van der Waals surface area contributed by atoms with E-state index in [-0.39, 0.29) is 27.9 Å². The third-order valence-electron chi connectivity index (χ3n) is 4.90. The summed E-state index contributed by atoms with van der Waals surface area (Å²) in [5, 5.41) is 23.2. The van der Waals surface area contributed by atoms with Gasteiger partial charge in [-0.3, -0.25) is 4.79 Å². The van der Waals surface area contributed by atoms with Gasteiger partial charge in [0.15, 0.2) is 0 Å². The molecule has 2 aromatic heterocycles. The number of unbranched alkanes of at least 4 members (excludes halogenated alkanes) is 1. The number of phenols is 2. The Morgan fingerprint density at radius 2 is 1.84 bits per heavy atom. The molecule has 0 atom stereocenters. The van der Waals surface area contributed by atoms with Crippen LogP contribution >= 0.6 is 0 Å². The van der Waals surface area contributed by atoms with Crippen molar-refractivity contribution < 1.29 is 23.8 Å². The predicted molar refractivity (Wildman–Crippen MR) is 116 cm³/mol. The summed E-state index contributed by atoms with van der Waals surface area (Å²) in [5.74, 6) is 1.25. The number of aromatic hydroxyl groups is 2. The molecule has 0 saturated heterocycles. The van der Waals surface area contributed by atoms with Crippen molar-refractivity contribution in [3.05, 3.63) is 77.0 Å². The Hall–Kier alpha value is -3.71. The number of furan rings is 1. The smallest absolute Gasteiger partial charge is 0.204 e. The van der Waals surface area contributed by atoms with Crippen LogP contribution in [0.5, 0.6) is 17.2 Å². The first kappa shape index (κ1) is 20.6. The molecule has 0 aliphatic heterocycles. The molecule has 7 heteroatoms. The zero-order chi connectivity index (χ0) is 21.6. The molecule has 0 spiro atoms. The lowest BCUT2D eigenvalue weighted by Crippen LogP contribution is -2.15.